The first kappa shape index (κ1) is 13.6. The SMILES string of the molecule is CCOC(CNC(C)c1cscn1)OCC. The van der Waals surface area contributed by atoms with Crippen molar-refractivity contribution in [2.45, 2.75) is 33.1 Å². The predicted molar refractivity (Wildman–Crippen MR) is 65.6 cm³/mol. The fourth-order valence-corrected chi connectivity index (χ4v) is 2.00. The van der Waals surface area contributed by atoms with E-state index in [1.807, 2.05) is 24.7 Å². The molecule has 0 radical (unpaired) electrons. The summed E-state index contributed by atoms with van der Waals surface area (Å²) in [7, 11) is 0. The van der Waals surface area contributed by atoms with E-state index in [0.29, 0.717) is 19.8 Å². The van der Waals surface area contributed by atoms with Crippen LogP contribution in [0.3, 0.4) is 0 Å². The Morgan fingerprint density at radius 1 is 1.38 bits per heavy atom. The molecule has 0 saturated heterocycles. The van der Waals surface area contributed by atoms with Gasteiger partial charge in [0.2, 0.25) is 0 Å². The highest BCUT2D eigenvalue weighted by Gasteiger charge is 2.11. The van der Waals surface area contributed by atoms with Crippen LogP contribution in [0.25, 0.3) is 0 Å². The molecule has 92 valence electrons. The van der Waals surface area contributed by atoms with Gasteiger partial charge in [-0.05, 0) is 20.8 Å². The lowest BCUT2D eigenvalue weighted by molar-refractivity contribution is -0.133. The number of rotatable bonds is 8. The van der Waals surface area contributed by atoms with Crippen LogP contribution < -0.4 is 5.32 Å². The number of aromatic nitrogens is 1. The van der Waals surface area contributed by atoms with Crippen molar-refractivity contribution in [3.63, 3.8) is 0 Å². The highest BCUT2D eigenvalue weighted by Crippen LogP contribution is 2.11. The number of nitrogens with one attached hydrogen (secondary N) is 1. The van der Waals surface area contributed by atoms with Gasteiger partial charge in [0.25, 0.3) is 0 Å². The number of nitrogens with zero attached hydrogens (tertiary/aromatic N) is 1. The fraction of sp³-hybridized carbons (Fsp3) is 0.727. The Balaban J connectivity index is 2.30. The molecule has 0 saturated carbocycles. The molecule has 0 fully saturated rings. The van der Waals surface area contributed by atoms with E-state index in [4.69, 9.17) is 9.47 Å². The largest absolute Gasteiger partial charge is 0.352 e. The van der Waals surface area contributed by atoms with E-state index in [9.17, 15) is 0 Å². The monoisotopic (exact) mass is 244 g/mol. The Morgan fingerprint density at radius 2 is 2.06 bits per heavy atom. The third-order valence-corrected chi connectivity index (χ3v) is 2.80. The van der Waals surface area contributed by atoms with Gasteiger partial charge in [0.15, 0.2) is 6.29 Å². The highest BCUT2D eigenvalue weighted by molar-refractivity contribution is 7.07. The Bertz CT molecular complexity index is 261. The molecule has 0 spiro atoms. The lowest BCUT2D eigenvalue weighted by atomic mass is 10.2. The summed E-state index contributed by atoms with van der Waals surface area (Å²) in [6, 6.07) is 0.231. The predicted octanol–water partition coefficient (Wildman–Crippen LogP) is 2.19. The van der Waals surface area contributed by atoms with Crippen molar-refractivity contribution in [2.24, 2.45) is 0 Å². The Morgan fingerprint density at radius 3 is 2.56 bits per heavy atom. The minimum Gasteiger partial charge on any atom is -0.352 e. The van der Waals surface area contributed by atoms with Gasteiger partial charge in [-0.1, -0.05) is 0 Å². The van der Waals surface area contributed by atoms with Crippen molar-refractivity contribution < 1.29 is 9.47 Å². The van der Waals surface area contributed by atoms with Crippen LogP contribution in [0.5, 0.6) is 0 Å². The maximum atomic E-state index is 5.45. The Kier molecular flexibility index (Phi) is 6.56. The zero-order valence-electron chi connectivity index (χ0n) is 10.1. The van der Waals surface area contributed by atoms with E-state index in [-0.39, 0.29) is 12.3 Å². The first-order valence-electron chi connectivity index (χ1n) is 5.62. The van der Waals surface area contributed by atoms with Gasteiger partial charge in [0.1, 0.15) is 0 Å². The lowest BCUT2D eigenvalue weighted by Gasteiger charge is -2.19. The third kappa shape index (κ3) is 4.57. The second kappa shape index (κ2) is 7.73. The van der Waals surface area contributed by atoms with Crippen LogP contribution in [-0.4, -0.2) is 31.0 Å². The molecule has 16 heavy (non-hydrogen) atoms. The van der Waals surface area contributed by atoms with E-state index in [2.05, 4.69) is 17.2 Å². The Hall–Kier alpha value is -0.490. The van der Waals surface area contributed by atoms with Gasteiger partial charge >= 0.3 is 0 Å². The summed E-state index contributed by atoms with van der Waals surface area (Å²) in [6.07, 6.45) is -0.170. The van der Waals surface area contributed by atoms with Gasteiger partial charge < -0.3 is 14.8 Å². The maximum Gasteiger partial charge on any atom is 0.169 e. The number of hydrogen-bond donors (Lipinski definition) is 1. The average Bonchev–Trinajstić information content (AvgIpc) is 2.79. The Labute approximate surface area is 101 Å². The van der Waals surface area contributed by atoms with Crippen LogP contribution in [0.4, 0.5) is 0 Å². The topological polar surface area (TPSA) is 43.4 Å². The van der Waals surface area contributed by atoms with Gasteiger partial charge in [0.05, 0.1) is 11.2 Å². The summed E-state index contributed by atoms with van der Waals surface area (Å²) < 4.78 is 10.9. The highest BCUT2D eigenvalue weighted by atomic mass is 32.1. The van der Waals surface area contributed by atoms with Crippen LogP contribution in [0.1, 0.15) is 32.5 Å². The lowest BCUT2D eigenvalue weighted by Crippen LogP contribution is -2.33. The molecule has 0 amide bonds. The van der Waals surface area contributed by atoms with Gasteiger partial charge in [-0.15, -0.1) is 11.3 Å². The molecule has 0 bridgehead atoms. The molecule has 0 aliphatic rings. The molecule has 1 unspecified atom stereocenters. The molecule has 1 aromatic heterocycles. The molecule has 1 heterocycles. The molecule has 1 N–H and O–H groups in total. The van der Waals surface area contributed by atoms with Crippen LogP contribution in [-0.2, 0) is 9.47 Å². The maximum absolute atomic E-state index is 5.45. The molecule has 1 atom stereocenters. The molecular weight excluding hydrogens is 224 g/mol. The van der Waals surface area contributed by atoms with E-state index >= 15 is 0 Å². The molecule has 1 aromatic rings. The molecule has 0 aliphatic carbocycles. The first-order valence-corrected chi connectivity index (χ1v) is 6.56. The fourth-order valence-electron chi connectivity index (χ4n) is 1.35. The van der Waals surface area contributed by atoms with Crippen LogP contribution in [0.2, 0.25) is 0 Å². The molecule has 5 heteroatoms. The standard InChI is InChI=1S/C11H20N2O2S/c1-4-14-11(15-5-2)6-12-9(3)10-7-16-8-13-10/h7-9,11-12H,4-6H2,1-3H3. The minimum absolute atomic E-state index is 0.170. The van der Waals surface area contributed by atoms with Crippen molar-refractivity contribution in [1.82, 2.24) is 10.3 Å². The average molecular weight is 244 g/mol. The van der Waals surface area contributed by atoms with Crippen LogP contribution in [0.15, 0.2) is 10.9 Å². The smallest absolute Gasteiger partial charge is 0.169 e. The van der Waals surface area contributed by atoms with Gasteiger partial charge in [-0.2, -0.15) is 0 Å². The van der Waals surface area contributed by atoms with Crippen LogP contribution in [0, 0.1) is 0 Å². The summed E-state index contributed by atoms with van der Waals surface area (Å²) in [5.74, 6) is 0. The van der Waals surface area contributed by atoms with E-state index in [0.717, 1.165) is 5.69 Å². The van der Waals surface area contributed by atoms with Gasteiger partial charge in [-0.25, -0.2) is 4.98 Å². The molecule has 0 aromatic carbocycles. The molecule has 1 rings (SSSR count). The van der Waals surface area contributed by atoms with E-state index in [1.54, 1.807) is 11.3 Å². The van der Waals surface area contributed by atoms with Crippen molar-refractivity contribution in [3.8, 4) is 0 Å². The van der Waals surface area contributed by atoms with Crippen molar-refractivity contribution in [3.05, 3.63) is 16.6 Å². The molecule has 0 aliphatic heterocycles. The van der Waals surface area contributed by atoms with Gasteiger partial charge in [0, 0.05) is 31.2 Å². The summed E-state index contributed by atoms with van der Waals surface area (Å²) in [4.78, 5) is 4.26. The molecular formula is C11H20N2O2S. The quantitative estimate of drug-likeness (QED) is 0.712. The van der Waals surface area contributed by atoms with Crippen molar-refractivity contribution in [2.75, 3.05) is 19.8 Å². The zero-order valence-corrected chi connectivity index (χ0v) is 10.9. The minimum atomic E-state index is -0.170. The molecule has 4 nitrogen and oxygen atoms in total. The normalized spacial score (nSPS) is 13.2. The second-order valence-corrected chi connectivity index (χ2v) is 4.10. The van der Waals surface area contributed by atoms with Crippen molar-refractivity contribution in [1.29, 1.82) is 0 Å². The van der Waals surface area contributed by atoms with Crippen LogP contribution >= 0.6 is 11.3 Å². The second-order valence-electron chi connectivity index (χ2n) is 3.38. The van der Waals surface area contributed by atoms with Crippen molar-refractivity contribution >= 4 is 11.3 Å². The first-order chi connectivity index (χ1) is 7.77. The summed E-state index contributed by atoms with van der Waals surface area (Å²) in [5, 5.41) is 5.40. The zero-order chi connectivity index (χ0) is 11.8. The van der Waals surface area contributed by atoms with E-state index in [1.165, 1.54) is 0 Å². The van der Waals surface area contributed by atoms with Gasteiger partial charge in [-0.3, -0.25) is 0 Å². The number of ether oxygens (including phenoxy) is 2. The summed E-state index contributed by atoms with van der Waals surface area (Å²) >= 11 is 1.61. The number of hydrogen-bond acceptors (Lipinski definition) is 5. The number of thiazole rings is 1. The summed E-state index contributed by atoms with van der Waals surface area (Å²) in [6.45, 7) is 8.03. The summed E-state index contributed by atoms with van der Waals surface area (Å²) in [5.41, 5.74) is 2.91. The van der Waals surface area contributed by atoms with E-state index < -0.39 is 0 Å². The third-order valence-electron chi connectivity index (χ3n) is 2.19.